The molecular formula is C18H22O8. The Kier molecular flexibility index (Phi) is 5.59. The van der Waals surface area contributed by atoms with E-state index in [1.54, 1.807) is 12.1 Å². The Labute approximate surface area is 150 Å². The zero-order valence-corrected chi connectivity index (χ0v) is 14.2. The van der Waals surface area contributed by atoms with Gasteiger partial charge in [-0.1, -0.05) is 25.5 Å². The number of hydrogen-bond donors (Lipinski definition) is 4. The standard InChI is InChI=1S/C18H22O8/c1-2-3-6-10-9-5-4-7-11(13(9)17(23)24-10)25-18-16(22)15(21)14(20)12(8-19)26-18/h4-7,12,14-16,18-22H,2-3,8H2,1H3/b10-6-/t12-,14-,15+,16-,18-/m1/s1. The molecule has 26 heavy (non-hydrogen) atoms. The Bertz CT molecular complexity index is 698. The van der Waals surface area contributed by atoms with E-state index in [0.29, 0.717) is 11.3 Å². The summed E-state index contributed by atoms with van der Waals surface area (Å²) in [5.74, 6) is -0.00891. The minimum atomic E-state index is -1.56. The molecule has 0 bridgehead atoms. The lowest BCUT2D eigenvalue weighted by Gasteiger charge is -2.39. The van der Waals surface area contributed by atoms with Crippen LogP contribution in [0, 0.1) is 0 Å². The number of aliphatic hydroxyl groups excluding tert-OH is 4. The molecule has 0 aromatic heterocycles. The smallest absolute Gasteiger partial charge is 0.348 e. The van der Waals surface area contributed by atoms with Gasteiger partial charge in [0.1, 0.15) is 41.5 Å². The molecule has 8 nitrogen and oxygen atoms in total. The molecule has 8 heteroatoms. The lowest BCUT2D eigenvalue weighted by Crippen LogP contribution is -2.60. The summed E-state index contributed by atoms with van der Waals surface area (Å²) in [5, 5.41) is 39.0. The number of carbonyl (C=O) groups is 1. The van der Waals surface area contributed by atoms with Gasteiger partial charge in [-0.2, -0.15) is 0 Å². The number of benzene rings is 1. The minimum absolute atomic E-state index is 0.122. The quantitative estimate of drug-likeness (QED) is 0.544. The summed E-state index contributed by atoms with van der Waals surface area (Å²) < 4.78 is 16.2. The van der Waals surface area contributed by atoms with Gasteiger partial charge in [-0.3, -0.25) is 0 Å². The largest absolute Gasteiger partial charge is 0.461 e. The molecule has 2 heterocycles. The highest BCUT2D eigenvalue weighted by Crippen LogP contribution is 2.37. The van der Waals surface area contributed by atoms with Crippen LogP contribution in [-0.2, 0) is 9.47 Å². The number of carbonyl (C=O) groups excluding carboxylic acids is 1. The highest BCUT2D eigenvalue weighted by atomic mass is 16.7. The highest BCUT2D eigenvalue weighted by Gasteiger charge is 2.45. The van der Waals surface area contributed by atoms with Crippen LogP contribution in [0.5, 0.6) is 5.75 Å². The SMILES string of the molecule is CCC/C=C1\OC(=O)c2c(O[C@@H]3O[C@H](CO)[C@@H](O)[C@H](O)[C@H]3O)cccc21. The summed E-state index contributed by atoms with van der Waals surface area (Å²) in [4.78, 5) is 12.2. The van der Waals surface area contributed by atoms with E-state index in [0.717, 1.165) is 12.8 Å². The van der Waals surface area contributed by atoms with Crippen molar-refractivity contribution in [1.82, 2.24) is 0 Å². The molecule has 1 aromatic carbocycles. The van der Waals surface area contributed by atoms with E-state index in [1.807, 2.05) is 13.0 Å². The molecule has 1 saturated heterocycles. The Hall–Kier alpha value is -1.97. The number of rotatable bonds is 5. The first-order valence-corrected chi connectivity index (χ1v) is 8.50. The molecule has 5 atom stereocenters. The second kappa shape index (κ2) is 7.73. The molecular weight excluding hydrogens is 344 g/mol. The number of esters is 1. The molecule has 0 radical (unpaired) electrons. The van der Waals surface area contributed by atoms with Crippen LogP contribution in [0.2, 0.25) is 0 Å². The fraction of sp³-hybridized carbons (Fsp3) is 0.500. The predicted molar refractivity (Wildman–Crippen MR) is 89.1 cm³/mol. The topological polar surface area (TPSA) is 126 Å². The van der Waals surface area contributed by atoms with Crippen LogP contribution in [0.25, 0.3) is 5.76 Å². The van der Waals surface area contributed by atoms with Gasteiger partial charge in [-0.15, -0.1) is 0 Å². The first kappa shape index (κ1) is 18.8. The molecule has 0 saturated carbocycles. The Balaban J connectivity index is 1.88. The van der Waals surface area contributed by atoms with Crippen LogP contribution in [0.4, 0.5) is 0 Å². The van der Waals surface area contributed by atoms with Gasteiger partial charge < -0.3 is 34.6 Å². The van der Waals surface area contributed by atoms with Crippen molar-refractivity contribution in [2.75, 3.05) is 6.61 Å². The molecule has 2 aliphatic rings. The number of ether oxygens (including phenoxy) is 3. The Morgan fingerprint density at radius 2 is 1.96 bits per heavy atom. The summed E-state index contributed by atoms with van der Waals surface area (Å²) in [5.41, 5.74) is 0.775. The highest BCUT2D eigenvalue weighted by molar-refractivity contribution is 6.05. The van der Waals surface area contributed by atoms with Crippen LogP contribution >= 0.6 is 0 Å². The van der Waals surface area contributed by atoms with Crippen molar-refractivity contribution in [2.45, 2.75) is 50.5 Å². The van der Waals surface area contributed by atoms with E-state index in [4.69, 9.17) is 14.2 Å². The molecule has 0 amide bonds. The molecule has 0 spiro atoms. The first-order valence-electron chi connectivity index (χ1n) is 8.50. The molecule has 2 aliphatic heterocycles. The van der Waals surface area contributed by atoms with E-state index >= 15 is 0 Å². The van der Waals surface area contributed by atoms with Crippen LogP contribution < -0.4 is 4.74 Å². The third kappa shape index (κ3) is 3.34. The molecule has 0 aliphatic carbocycles. The Morgan fingerprint density at radius 3 is 2.65 bits per heavy atom. The normalized spacial score (nSPS) is 32.4. The van der Waals surface area contributed by atoms with Gasteiger partial charge >= 0.3 is 5.97 Å². The summed E-state index contributed by atoms with van der Waals surface area (Å²) in [6.45, 7) is 1.44. The average Bonchev–Trinajstić information content (AvgIpc) is 2.97. The molecule has 4 N–H and O–H groups in total. The van der Waals surface area contributed by atoms with Gasteiger partial charge in [-0.05, 0) is 18.6 Å². The van der Waals surface area contributed by atoms with Crippen molar-refractivity contribution >= 4 is 11.7 Å². The number of unbranched alkanes of at least 4 members (excludes halogenated alkanes) is 1. The minimum Gasteiger partial charge on any atom is -0.461 e. The molecule has 142 valence electrons. The van der Waals surface area contributed by atoms with Crippen molar-refractivity contribution < 1.29 is 39.4 Å². The summed E-state index contributed by atoms with van der Waals surface area (Å²) in [6, 6.07) is 4.91. The number of cyclic esters (lactones) is 1. The first-order chi connectivity index (χ1) is 12.5. The third-order valence-electron chi connectivity index (χ3n) is 4.41. The van der Waals surface area contributed by atoms with Crippen molar-refractivity contribution in [2.24, 2.45) is 0 Å². The fourth-order valence-electron chi connectivity index (χ4n) is 2.97. The van der Waals surface area contributed by atoms with Crippen LogP contribution in [0.1, 0.15) is 35.7 Å². The third-order valence-corrected chi connectivity index (χ3v) is 4.41. The van der Waals surface area contributed by atoms with E-state index in [9.17, 15) is 25.2 Å². The maximum Gasteiger partial charge on any atom is 0.348 e. The van der Waals surface area contributed by atoms with Gasteiger partial charge in [0.25, 0.3) is 0 Å². The zero-order valence-electron chi connectivity index (χ0n) is 14.2. The second-order valence-electron chi connectivity index (χ2n) is 6.24. The summed E-state index contributed by atoms with van der Waals surface area (Å²) in [6.07, 6.45) is -3.59. The zero-order chi connectivity index (χ0) is 18.8. The van der Waals surface area contributed by atoms with Gasteiger partial charge in [0.2, 0.25) is 6.29 Å². The maximum atomic E-state index is 12.2. The van der Waals surface area contributed by atoms with Crippen molar-refractivity contribution in [1.29, 1.82) is 0 Å². The van der Waals surface area contributed by atoms with Crippen molar-refractivity contribution in [3.63, 3.8) is 0 Å². The number of fused-ring (bicyclic) bond motifs is 1. The Morgan fingerprint density at radius 1 is 1.19 bits per heavy atom. The lowest BCUT2D eigenvalue weighted by atomic mass is 9.99. The van der Waals surface area contributed by atoms with E-state index in [1.165, 1.54) is 6.07 Å². The number of aliphatic hydroxyl groups is 4. The fourth-order valence-corrected chi connectivity index (χ4v) is 2.97. The van der Waals surface area contributed by atoms with Gasteiger partial charge in [0, 0.05) is 5.56 Å². The molecule has 1 fully saturated rings. The predicted octanol–water partition coefficient (Wildman–Crippen LogP) is 0.177. The average molecular weight is 366 g/mol. The molecule has 3 rings (SSSR count). The van der Waals surface area contributed by atoms with Crippen molar-refractivity contribution in [3.8, 4) is 5.75 Å². The molecule has 0 unspecified atom stereocenters. The van der Waals surface area contributed by atoms with E-state index in [2.05, 4.69) is 0 Å². The van der Waals surface area contributed by atoms with Crippen LogP contribution in [0.15, 0.2) is 24.3 Å². The van der Waals surface area contributed by atoms with Crippen LogP contribution in [0.3, 0.4) is 0 Å². The lowest BCUT2D eigenvalue weighted by molar-refractivity contribution is -0.277. The van der Waals surface area contributed by atoms with Gasteiger partial charge in [0.05, 0.1) is 6.61 Å². The maximum absolute atomic E-state index is 12.2. The van der Waals surface area contributed by atoms with E-state index < -0.39 is 43.3 Å². The van der Waals surface area contributed by atoms with Gasteiger partial charge in [-0.25, -0.2) is 4.79 Å². The van der Waals surface area contributed by atoms with Gasteiger partial charge in [0.15, 0.2) is 0 Å². The van der Waals surface area contributed by atoms with Crippen LogP contribution in [-0.4, -0.2) is 63.7 Å². The van der Waals surface area contributed by atoms with E-state index in [-0.39, 0.29) is 11.3 Å². The number of hydrogen-bond acceptors (Lipinski definition) is 8. The number of allylic oxidation sites excluding steroid dienone is 1. The monoisotopic (exact) mass is 366 g/mol. The molecule has 1 aromatic rings. The summed E-state index contributed by atoms with van der Waals surface area (Å²) >= 11 is 0. The second-order valence-corrected chi connectivity index (χ2v) is 6.24. The summed E-state index contributed by atoms with van der Waals surface area (Å²) in [7, 11) is 0. The van der Waals surface area contributed by atoms with Crippen molar-refractivity contribution in [3.05, 3.63) is 35.4 Å².